The van der Waals surface area contributed by atoms with Crippen LogP contribution in [0.25, 0.3) is 10.8 Å². The number of hydrogen-bond donors (Lipinski definition) is 2. The third kappa shape index (κ3) is 2.07. The normalized spacial score (nSPS) is 12.5. The fourth-order valence-electron chi connectivity index (χ4n) is 2.37. The van der Waals surface area contributed by atoms with Gasteiger partial charge in [0.25, 0.3) is 0 Å². The van der Waals surface area contributed by atoms with E-state index in [1.54, 1.807) is 6.07 Å². The Balaban J connectivity index is 2.22. The van der Waals surface area contributed by atoms with Crippen LogP contribution in [-0.4, -0.2) is 10.2 Å². The number of phenols is 1. The van der Waals surface area contributed by atoms with Gasteiger partial charge in [-0.05, 0) is 22.4 Å². The van der Waals surface area contributed by atoms with E-state index < -0.39 is 6.10 Å². The van der Waals surface area contributed by atoms with Gasteiger partial charge >= 0.3 is 0 Å². The largest absolute Gasteiger partial charge is 0.508 e. The van der Waals surface area contributed by atoms with Crippen molar-refractivity contribution in [3.63, 3.8) is 0 Å². The van der Waals surface area contributed by atoms with Gasteiger partial charge in [0.2, 0.25) is 0 Å². The summed E-state index contributed by atoms with van der Waals surface area (Å²) in [6.45, 7) is 0. The van der Waals surface area contributed by atoms with Gasteiger partial charge in [0.15, 0.2) is 0 Å². The average Bonchev–Trinajstić information content (AvgIpc) is 2.47. The summed E-state index contributed by atoms with van der Waals surface area (Å²) in [4.78, 5) is 0. The monoisotopic (exact) mass is 250 g/mol. The molecule has 0 bridgehead atoms. The van der Waals surface area contributed by atoms with E-state index in [1.165, 1.54) is 0 Å². The summed E-state index contributed by atoms with van der Waals surface area (Å²) >= 11 is 0. The molecular weight excluding hydrogens is 236 g/mol. The van der Waals surface area contributed by atoms with E-state index in [9.17, 15) is 10.2 Å². The van der Waals surface area contributed by atoms with Gasteiger partial charge in [-0.25, -0.2) is 0 Å². The van der Waals surface area contributed by atoms with Crippen molar-refractivity contribution in [2.24, 2.45) is 0 Å². The summed E-state index contributed by atoms with van der Waals surface area (Å²) in [6.07, 6.45) is -0.827. The molecule has 19 heavy (non-hydrogen) atoms. The molecule has 0 saturated heterocycles. The number of hydrogen-bond acceptors (Lipinski definition) is 2. The minimum Gasteiger partial charge on any atom is -0.508 e. The molecule has 2 heteroatoms. The minimum absolute atomic E-state index is 0.120. The molecule has 0 aromatic heterocycles. The quantitative estimate of drug-likeness (QED) is 0.729. The van der Waals surface area contributed by atoms with Gasteiger partial charge in [-0.15, -0.1) is 0 Å². The van der Waals surface area contributed by atoms with Crippen molar-refractivity contribution in [2.45, 2.75) is 6.10 Å². The number of benzene rings is 3. The molecule has 3 rings (SSSR count). The first-order chi connectivity index (χ1) is 9.27. The Morgan fingerprint density at radius 3 is 2.21 bits per heavy atom. The highest BCUT2D eigenvalue weighted by atomic mass is 16.3. The van der Waals surface area contributed by atoms with E-state index in [0.717, 1.165) is 16.3 Å². The number of aromatic hydroxyl groups is 1. The summed E-state index contributed by atoms with van der Waals surface area (Å²) in [6, 6.07) is 20.6. The number of aliphatic hydroxyl groups excluding tert-OH is 1. The van der Waals surface area contributed by atoms with Crippen LogP contribution in [0.3, 0.4) is 0 Å². The van der Waals surface area contributed by atoms with Crippen molar-refractivity contribution < 1.29 is 10.2 Å². The number of aliphatic hydroxyl groups is 1. The molecule has 2 nitrogen and oxygen atoms in total. The molecule has 3 aromatic carbocycles. The first kappa shape index (κ1) is 11.8. The molecule has 2 N–H and O–H groups in total. The van der Waals surface area contributed by atoms with Crippen molar-refractivity contribution in [1.29, 1.82) is 0 Å². The first-order valence-corrected chi connectivity index (χ1v) is 6.21. The predicted molar refractivity (Wildman–Crippen MR) is 76.1 cm³/mol. The summed E-state index contributed by atoms with van der Waals surface area (Å²) in [5.41, 5.74) is 1.33. The van der Waals surface area contributed by atoms with E-state index >= 15 is 0 Å². The maximum absolute atomic E-state index is 10.5. The molecule has 0 radical (unpaired) electrons. The van der Waals surface area contributed by atoms with Crippen LogP contribution in [-0.2, 0) is 0 Å². The molecular formula is C17H14O2. The first-order valence-electron chi connectivity index (χ1n) is 6.21. The molecule has 0 aliphatic carbocycles. The third-order valence-electron chi connectivity index (χ3n) is 3.34. The molecule has 3 aromatic rings. The maximum atomic E-state index is 10.5. The van der Waals surface area contributed by atoms with Gasteiger partial charge in [-0.1, -0.05) is 60.7 Å². The zero-order valence-corrected chi connectivity index (χ0v) is 10.3. The van der Waals surface area contributed by atoms with Crippen LogP contribution in [0.15, 0.2) is 66.7 Å². The van der Waals surface area contributed by atoms with Crippen molar-refractivity contribution in [2.75, 3.05) is 0 Å². The molecule has 0 aliphatic heterocycles. The Morgan fingerprint density at radius 1 is 0.737 bits per heavy atom. The van der Waals surface area contributed by atoms with Crippen LogP contribution in [0.4, 0.5) is 0 Å². The number of rotatable bonds is 2. The van der Waals surface area contributed by atoms with Gasteiger partial charge in [-0.3, -0.25) is 0 Å². The molecule has 1 atom stereocenters. The smallest absolute Gasteiger partial charge is 0.122 e. The van der Waals surface area contributed by atoms with Crippen molar-refractivity contribution >= 4 is 10.8 Å². The Bertz CT molecular complexity index is 705. The minimum atomic E-state index is -0.827. The molecule has 94 valence electrons. The second-order valence-electron chi connectivity index (χ2n) is 4.53. The Labute approximate surface area is 111 Å². The molecule has 0 heterocycles. The Hall–Kier alpha value is -2.32. The molecule has 0 spiro atoms. The Morgan fingerprint density at radius 2 is 1.42 bits per heavy atom. The van der Waals surface area contributed by atoms with E-state index in [2.05, 4.69) is 0 Å². The van der Waals surface area contributed by atoms with Crippen LogP contribution >= 0.6 is 0 Å². The van der Waals surface area contributed by atoms with Crippen molar-refractivity contribution in [1.82, 2.24) is 0 Å². The second-order valence-corrected chi connectivity index (χ2v) is 4.53. The van der Waals surface area contributed by atoms with Gasteiger partial charge in [0.1, 0.15) is 11.9 Å². The van der Waals surface area contributed by atoms with Gasteiger partial charge in [0.05, 0.1) is 0 Å². The lowest BCUT2D eigenvalue weighted by Crippen LogP contribution is -2.00. The summed E-state index contributed by atoms with van der Waals surface area (Å²) in [5, 5.41) is 22.5. The van der Waals surface area contributed by atoms with Crippen molar-refractivity contribution in [3.05, 3.63) is 77.9 Å². The predicted octanol–water partition coefficient (Wildman–Crippen LogP) is 3.63. The highest BCUT2D eigenvalue weighted by molar-refractivity contribution is 5.88. The summed E-state index contributed by atoms with van der Waals surface area (Å²) in [7, 11) is 0. The zero-order valence-electron chi connectivity index (χ0n) is 10.3. The fourth-order valence-corrected chi connectivity index (χ4v) is 2.37. The highest BCUT2D eigenvalue weighted by Gasteiger charge is 2.17. The Kier molecular flexibility index (Phi) is 2.94. The van der Waals surface area contributed by atoms with Crippen LogP contribution in [0.1, 0.15) is 17.2 Å². The summed E-state index contributed by atoms with van der Waals surface area (Å²) in [5.74, 6) is 0.120. The zero-order chi connectivity index (χ0) is 13.2. The maximum Gasteiger partial charge on any atom is 0.122 e. The van der Waals surface area contributed by atoms with E-state index in [0.29, 0.717) is 5.56 Å². The lowest BCUT2D eigenvalue weighted by molar-refractivity contribution is 0.217. The van der Waals surface area contributed by atoms with Crippen molar-refractivity contribution in [3.8, 4) is 5.75 Å². The molecule has 0 amide bonds. The summed E-state index contributed by atoms with van der Waals surface area (Å²) < 4.78 is 0. The van der Waals surface area contributed by atoms with E-state index in [1.807, 2.05) is 60.7 Å². The molecule has 0 fully saturated rings. The standard InChI is InChI=1S/C17H14O2/c18-15-11-10-12-6-4-5-9-14(12)16(15)17(19)13-7-2-1-3-8-13/h1-11,17-19H/t17-/m0/s1. The third-order valence-corrected chi connectivity index (χ3v) is 3.34. The fraction of sp³-hybridized carbons (Fsp3) is 0.0588. The van der Waals surface area contributed by atoms with Crippen LogP contribution in [0, 0.1) is 0 Å². The van der Waals surface area contributed by atoms with Crippen LogP contribution < -0.4 is 0 Å². The molecule has 0 saturated carbocycles. The second kappa shape index (κ2) is 4.75. The topological polar surface area (TPSA) is 40.5 Å². The van der Waals surface area contributed by atoms with E-state index in [-0.39, 0.29) is 5.75 Å². The number of phenolic OH excluding ortho intramolecular Hbond substituents is 1. The van der Waals surface area contributed by atoms with Crippen LogP contribution in [0.5, 0.6) is 5.75 Å². The lowest BCUT2D eigenvalue weighted by atomic mass is 9.95. The highest BCUT2D eigenvalue weighted by Crippen LogP contribution is 2.35. The van der Waals surface area contributed by atoms with Gasteiger partial charge in [0, 0.05) is 5.56 Å². The molecule has 0 unspecified atom stereocenters. The van der Waals surface area contributed by atoms with Gasteiger partial charge < -0.3 is 10.2 Å². The average molecular weight is 250 g/mol. The van der Waals surface area contributed by atoms with Crippen LogP contribution in [0.2, 0.25) is 0 Å². The number of fused-ring (bicyclic) bond motifs is 1. The SMILES string of the molecule is Oc1ccc2ccccc2c1[C@@H](O)c1ccccc1. The van der Waals surface area contributed by atoms with E-state index in [4.69, 9.17) is 0 Å². The molecule has 0 aliphatic rings. The van der Waals surface area contributed by atoms with Gasteiger partial charge in [-0.2, -0.15) is 0 Å². The lowest BCUT2D eigenvalue weighted by Gasteiger charge is -2.15.